The third kappa shape index (κ3) is 3.57. The van der Waals surface area contributed by atoms with E-state index in [1.54, 1.807) is 24.1 Å². The van der Waals surface area contributed by atoms with Crippen LogP contribution in [-0.4, -0.2) is 39.5 Å². The Balaban J connectivity index is 1.55. The summed E-state index contributed by atoms with van der Waals surface area (Å²) >= 11 is 0. The minimum absolute atomic E-state index is 0.118. The number of ether oxygens (including phenoxy) is 2. The number of aromatic nitrogens is 2. The van der Waals surface area contributed by atoms with E-state index in [9.17, 15) is 9.59 Å². The van der Waals surface area contributed by atoms with Crippen molar-refractivity contribution in [3.05, 3.63) is 52.5 Å². The topological polar surface area (TPSA) is 81.6 Å². The average molecular weight is 395 g/mol. The Bertz CT molecular complexity index is 955. The van der Waals surface area contributed by atoms with Gasteiger partial charge < -0.3 is 14.4 Å². The highest BCUT2D eigenvalue weighted by Crippen LogP contribution is 2.34. The molecule has 0 aromatic carbocycles. The van der Waals surface area contributed by atoms with Crippen molar-refractivity contribution < 1.29 is 19.1 Å². The molecule has 2 aromatic rings. The van der Waals surface area contributed by atoms with E-state index in [0.29, 0.717) is 23.6 Å². The van der Waals surface area contributed by atoms with Gasteiger partial charge in [0.25, 0.3) is 5.91 Å². The summed E-state index contributed by atoms with van der Waals surface area (Å²) in [4.78, 5) is 35.6. The fourth-order valence-electron chi connectivity index (χ4n) is 3.70. The Morgan fingerprint density at radius 2 is 2.14 bits per heavy atom. The molecule has 1 saturated carbocycles. The van der Waals surface area contributed by atoms with Crippen molar-refractivity contribution in [1.82, 2.24) is 14.9 Å². The number of pyridine rings is 2. The highest BCUT2D eigenvalue weighted by atomic mass is 16.5. The first kappa shape index (κ1) is 19.4. The Labute approximate surface area is 170 Å². The Morgan fingerprint density at radius 1 is 1.34 bits per heavy atom. The smallest absolute Gasteiger partial charge is 0.357 e. The predicted molar refractivity (Wildman–Crippen MR) is 106 cm³/mol. The third-order valence-corrected chi connectivity index (χ3v) is 5.68. The number of hydrogen-bond donors (Lipinski definition) is 0. The van der Waals surface area contributed by atoms with E-state index in [4.69, 9.17) is 9.47 Å². The van der Waals surface area contributed by atoms with Crippen molar-refractivity contribution in [2.75, 3.05) is 6.61 Å². The SMILES string of the molecule is CCOC(=O)c1nccc2c1CN(C(C)c1cnc(OC3CCC3)c(C)c1)C2=O. The molecule has 1 amide bonds. The van der Waals surface area contributed by atoms with Crippen LogP contribution in [0.2, 0.25) is 0 Å². The number of carbonyl (C=O) groups is 2. The third-order valence-electron chi connectivity index (χ3n) is 5.68. The van der Waals surface area contributed by atoms with Crippen LogP contribution in [0.25, 0.3) is 0 Å². The number of nitrogens with zero attached hydrogens (tertiary/aromatic N) is 3. The van der Waals surface area contributed by atoms with Gasteiger partial charge in [-0.15, -0.1) is 0 Å². The number of amides is 1. The van der Waals surface area contributed by atoms with Crippen LogP contribution in [0.5, 0.6) is 5.88 Å². The van der Waals surface area contributed by atoms with Gasteiger partial charge in [-0.25, -0.2) is 14.8 Å². The van der Waals surface area contributed by atoms with Gasteiger partial charge in [0.15, 0.2) is 5.69 Å². The van der Waals surface area contributed by atoms with Gasteiger partial charge in [-0.1, -0.05) is 0 Å². The minimum Gasteiger partial charge on any atom is -0.474 e. The molecule has 7 nitrogen and oxygen atoms in total. The summed E-state index contributed by atoms with van der Waals surface area (Å²) in [5.41, 5.74) is 3.22. The highest BCUT2D eigenvalue weighted by Gasteiger charge is 2.35. The van der Waals surface area contributed by atoms with Gasteiger partial charge >= 0.3 is 5.97 Å². The number of esters is 1. The Hall–Kier alpha value is -2.96. The van der Waals surface area contributed by atoms with Crippen molar-refractivity contribution in [2.45, 2.75) is 58.7 Å². The standard InChI is InChI=1S/C22H25N3O4/c1-4-28-22(27)19-18-12-25(21(26)17(18)8-9-23-19)14(3)15-10-13(2)20(24-11-15)29-16-6-5-7-16/h8-11,14,16H,4-7,12H2,1-3H3. The molecule has 2 aliphatic rings. The van der Waals surface area contributed by atoms with Crippen LogP contribution >= 0.6 is 0 Å². The second-order valence-electron chi connectivity index (χ2n) is 7.58. The van der Waals surface area contributed by atoms with Crippen molar-refractivity contribution >= 4 is 11.9 Å². The zero-order chi connectivity index (χ0) is 20.5. The van der Waals surface area contributed by atoms with Crippen molar-refractivity contribution in [3.8, 4) is 5.88 Å². The first-order valence-corrected chi connectivity index (χ1v) is 10.1. The van der Waals surface area contributed by atoms with E-state index in [2.05, 4.69) is 9.97 Å². The fraction of sp³-hybridized carbons (Fsp3) is 0.455. The van der Waals surface area contributed by atoms with E-state index in [0.717, 1.165) is 24.0 Å². The van der Waals surface area contributed by atoms with Gasteiger partial charge in [0.1, 0.15) is 6.10 Å². The first-order chi connectivity index (χ1) is 14.0. The molecule has 3 heterocycles. The maximum absolute atomic E-state index is 13.0. The van der Waals surface area contributed by atoms with Gasteiger partial charge in [0.2, 0.25) is 5.88 Å². The summed E-state index contributed by atoms with van der Waals surface area (Å²) in [5.74, 6) is 0.0463. The van der Waals surface area contributed by atoms with Gasteiger partial charge in [-0.05, 0) is 57.7 Å². The normalized spacial score (nSPS) is 16.9. The fourth-order valence-corrected chi connectivity index (χ4v) is 3.70. The van der Waals surface area contributed by atoms with E-state index in [-0.39, 0.29) is 30.4 Å². The second-order valence-corrected chi connectivity index (χ2v) is 7.58. The summed E-state index contributed by atoms with van der Waals surface area (Å²) in [6.45, 7) is 6.26. The molecule has 7 heteroatoms. The molecule has 0 bridgehead atoms. The molecular formula is C22H25N3O4. The maximum atomic E-state index is 13.0. The van der Waals surface area contributed by atoms with Gasteiger partial charge in [-0.3, -0.25) is 4.79 Å². The monoisotopic (exact) mass is 395 g/mol. The van der Waals surface area contributed by atoms with Gasteiger partial charge in [0.05, 0.1) is 12.6 Å². The summed E-state index contributed by atoms with van der Waals surface area (Å²) in [5, 5.41) is 0. The lowest BCUT2D eigenvalue weighted by Crippen LogP contribution is -2.28. The second kappa shape index (κ2) is 7.81. The lowest BCUT2D eigenvalue weighted by molar-refractivity contribution is 0.0515. The molecule has 0 saturated heterocycles. The van der Waals surface area contributed by atoms with Crippen molar-refractivity contribution in [3.63, 3.8) is 0 Å². The van der Waals surface area contributed by atoms with Gasteiger partial charge in [-0.2, -0.15) is 0 Å². The van der Waals surface area contributed by atoms with E-state index >= 15 is 0 Å². The molecule has 1 fully saturated rings. The van der Waals surface area contributed by atoms with Crippen LogP contribution in [0.3, 0.4) is 0 Å². The quantitative estimate of drug-likeness (QED) is 0.695. The highest BCUT2D eigenvalue weighted by molar-refractivity contribution is 6.02. The number of fused-ring (bicyclic) bond motifs is 1. The Kier molecular flexibility index (Phi) is 5.22. The number of carbonyl (C=O) groups excluding carboxylic acids is 2. The van der Waals surface area contributed by atoms with Crippen molar-refractivity contribution in [1.29, 1.82) is 0 Å². The van der Waals surface area contributed by atoms with Crippen molar-refractivity contribution in [2.24, 2.45) is 0 Å². The van der Waals surface area contributed by atoms with Crippen LogP contribution in [0.4, 0.5) is 0 Å². The molecule has 0 radical (unpaired) electrons. The first-order valence-electron chi connectivity index (χ1n) is 10.1. The van der Waals surface area contributed by atoms with E-state index < -0.39 is 5.97 Å². The van der Waals surface area contributed by atoms with Crippen LogP contribution < -0.4 is 4.74 Å². The Morgan fingerprint density at radius 3 is 2.79 bits per heavy atom. The lowest BCUT2D eigenvalue weighted by atomic mass is 9.96. The molecule has 1 atom stereocenters. The summed E-state index contributed by atoms with van der Waals surface area (Å²) < 4.78 is 11.0. The predicted octanol–water partition coefficient (Wildman–Crippen LogP) is 3.61. The molecule has 4 rings (SSSR count). The lowest BCUT2D eigenvalue weighted by Gasteiger charge is -2.28. The average Bonchev–Trinajstić information content (AvgIpc) is 3.02. The van der Waals surface area contributed by atoms with Crippen LogP contribution in [0, 0.1) is 6.92 Å². The number of aryl methyl sites for hydroxylation is 1. The molecule has 0 spiro atoms. The molecule has 1 unspecified atom stereocenters. The summed E-state index contributed by atoms with van der Waals surface area (Å²) in [6.07, 6.45) is 6.89. The molecule has 29 heavy (non-hydrogen) atoms. The zero-order valence-corrected chi connectivity index (χ0v) is 17.0. The molecular weight excluding hydrogens is 370 g/mol. The zero-order valence-electron chi connectivity index (χ0n) is 17.0. The molecule has 1 aliphatic carbocycles. The molecule has 152 valence electrons. The molecule has 2 aromatic heterocycles. The van der Waals surface area contributed by atoms with Gasteiger partial charge in [0, 0.05) is 35.6 Å². The summed E-state index contributed by atoms with van der Waals surface area (Å²) in [7, 11) is 0. The van der Waals surface area contributed by atoms with Crippen LogP contribution in [0.1, 0.15) is 76.7 Å². The van der Waals surface area contributed by atoms with E-state index in [1.807, 2.05) is 19.9 Å². The number of rotatable bonds is 6. The summed E-state index contributed by atoms with van der Waals surface area (Å²) in [6, 6.07) is 3.48. The maximum Gasteiger partial charge on any atom is 0.357 e. The van der Waals surface area contributed by atoms with E-state index in [1.165, 1.54) is 12.6 Å². The molecule has 0 N–H and O–H groups in total. The van der Waals surface area contributed by atoms with Crippen LogP contribution in [-0.2, 0) is 11.3 Å². The minimum atomic E-state index is -0.498. The molecule has 1 aliphatic heterocycles. The van der Waals surface area contributed by atoms with Crippen LogP contribution in [0.15, 0.2) is 24.5 Å². The largest absolute Gasteiger partial charge is 0.474 e. The number of hydrogen-bond acceptors (Lipinski definition) is 6.